The van der Waals surface area contributed by atoms with E-state index in [4.69, 9.17) is 12.6 Å². The van der Waals surface area contributed by atoms with E-state index in [1.807, 2.05) is 0 Å². The Bertz CT molecular complexity index is 149. The van der Waals surface area contributed by atoms with Crippen LogP contribution in [0.25, 0.3) is 0 Å². The average molecular weight is 180 g/mol. The van der Waals surface area contributed by atoms with Gasteiger partial charge in [0.25, 0.3) is 0 Å². The molecule has 1 heterocycles. The Morgan fingerprint density at radius 1 is 1.31 bits per heavy atom. The van der Waals surface area contributed by atoms with Crippen LogP contribution in [0.5, 0.6) is 0 Å². The summed E-state index contributed by atoms with van der Waals surface area (Å²) in [5.74, 6) is 1.23. The van der Waals surface area contributed by atoms with Crippen LogP contribution in [0.15, 0.2) is 0 Å². The highest BCUT2D eigenvalue weighted by molar-refractivity contribution is 6.11. The molecule has 1 aliphatic rings. The van der Waals surface area contributed by atoms with Crippen molar-refractivity contribution in [3.8, 4) is 0 Å². The molecule has 2 radical (unpaired) electrons. The van der Waals surface area contributed by atoms with Crippen molar-refractivity contribution >= 4 is 7.85 Å². The van der Waals surface area contributed by atoms with E-state index in [1.165, 1.54) is 19.3 Å². The van der Waals surface area contributed by atoms with E-state index in [9.17, 15) is 0 Å². The van der Waals surface area contributed by atoms with Gasteiger partial charge in [0.05, 0.1) is 6.10 Å². The molecule has 13 heavy (non-hydrogen) atoms. The van der Waals surface area contributed by atoms with Crippen LogP contribution in [-0.4, -0.2) is 20.0 Å². The second kappa shape index (κ2) is 5.04. The molecule has 0 spiro atoms. The molecule has 1 saturated heterocycles. The molecule has 1 fully saturated rings. The summed E-state index contributed by atoms with van der Waals surface area (Å²) in [4.78, 5) is 0. The van der Waals surface area contributed by atoms with Crippen LogP contribution in [-0.2, 0) is 4.74 Å². The summed E-state index contributed by atoms with van der Waals surface area (Å²) in [5.41, 5.74) is 0. The summed E-state index contributed by atoms with van der Waals surface area (Å²) in [6, 6.07) is -0.00787. The standard InChI is InChI=1S/C11H21BO/c1-4-6-7-9-8(3)10(5-2)13-11(9)12/h8-11H,4-7H2,1-3H3/t8?,9-,10-,11-/m1/s1. The van der Waals surface area contributed by atoms with Crippen molar-refractivity contribution in [3.05, 3.63) is 0 Å². The molecule has 0 aromatic heterocycles. The van der Waals surface area contributed by atoms with E-state index in [0.717, 1.165) is 6.42 Å². The topological polar surface area (TPSA) is 9.23 Å². The summed E-state index contributed by atoms with van der Waals surface area (Å²) < 4.78 is 5.71. The molecule has 0 amide bonds. The molecule has 74 valence electrons. The van der Waals surface area contributed by atoms with Gasteiger partial charge in [-0.25, -0.2) is 0 Å². The van der Waals surface area contributed by atoms with E-state index in [2.05, 4.69) is 20.8 Å². The average Bonchev–Trinajstić information content (AvgIpc) is 2.39. The van der Waals surface area contributed by atoms with Crippen LogP contribution >= 0.6 is 0 Å². The van der Waals surface area contributed by atoms with E-state index in [1.54, 1.807) is 0 Å². The SMILES string of the molecule is [B][C@@H]1O[C@H](CC)C(C)[C@H]1CCCC. The lowest BCUT2D eigenvalue weighted by atomic mass is 9.77. The molecule has 4 atom stereocenters. The molecule has 0 aromatic rings. The number of hydrogen-bond donors (Lipinski definition) is 0. The molecule has 0 bridgehead atoms. The third kappa shape index (κ3) is 2.49. The Morgan fingerprint density at radius 2 is 2.00 bits per heavy atom. The normalized spacial score (nSPS) is 39.6. The molecule has 2 heteroatoms. The van der Waals surface area contributed by atoms with Gasteiger partial charge in [0, 0.05) is 6.00 Å². The number of hydrogen-bond acceptors (Lipinski definition) is 1. The van der Waals surface area contributed by atoms with Gasteiger partial charge in [-0.3, -0.25) is 0 Å². The van der Waals surface area contributed by atoms with Gasteiger partial charge < -0.3 is 4.74 Å². The van der Waals surface area contributed by atoms with Gasteiger partial charge in [-0.05, 0) is 24.7 Å². The van der Waals surface area contributed by atoms with Gasteiger partial charge in [0.2, 0.25) is 0 Å². The lowest BCUT2D eigenvalue weighted by molar-refractivity contribution is 0.0690. The Hall–Kier alpha value is 0.0249. The summed E-state index contributed by atoms with van der Waals surface area (Å²) in [6.45, 7) is 6.68. The lowest BCUT2D eigenvalue weighted by Crippen LogP contribution is -2.19. The summed E-state index contributed by atoms with van der Waals surface area (Å²) >= 11 is 0. The summed E-state index contributed by atoms with van der Waals surface area (Å²) in [6.07, 6.45) is 5.26. The van der Waals surface area contributed by atoms with Crippen LogP contribution < -0.4 is 0 Å². The minimum atomic E-state index is -0.00787. The zero-order valence-electron chi connectivity index (χ0n) is 9.12. The van der Waals surface area contributed by atoms with E-state index >= 15 is 0 Å². The highest BCUT2D eigenvalue weighted by atomic mass is 16.5. The van der Waals surface area contributed by atoms with Crippen molar-refractivity contribution in [2.75, 3.05) is 0 Å². The molecule has 1 unspecified atom stereocenters. The quantitative estimate of drug-likeness (QED) is 0.604. The molecule has 1 nitrogen and oxygen atoms in total. The first-order valence-corrected chi connectivity index (χ1v) is 5.61. The van der Waals surface area contributed by atoms with E-state index in [-0.39, 0.29) is 6.00 Å². The summed E-state index contributed by atoms with van der Waals surface area (Å²) in [5, 5.41) is 0. The van der Waals surface area contributed by atoms with Crippen LogP contribution in [0, 0.1) is 11.8 Å². The second-order valence-corrected chi connectivity index (χ2v) is 4.21. The molecular weight excluding hydrogens is 159 g/mol. The van der Waals surface area contributed by atoms with Gasteiger partial charge in [-0.15, -0.1) is 0 Å². The monoisotopic (exact) mass is 180 g/mol. The third-order valence-electron chi connectivity index (χ3n) is 3.31. The first-order valence-electron chi connectivity index (χ1n) is 5.61. The highest BCUT2D eigenvalue weighted by Crippen LogP contribution is 2.35. The van der Waals surface area contributed by atoms with Crippen LogP contribution in [0.3, 0.4) is 0 Å². The van der Waals surface area contributed by atoms with Crippen molar-refractivity contribution in [1.82, 2.24) is 0 Å². The molecular formula is C11H21BO. The highest BCUT2D eigenvalue weighted by Gasteiger charge is 2.36. The Balaban J connectivity index is 2.44. The second-order valence-electron chi connectivity index (χ2n) is 4.21. The fourth-order valence-corrected chi connectivity index (χ4v) is 2.34. The maximum Gasteiger partial charge on any atom is 0.109 e. The molecule has 0 aliphatic carbocycles. The Labute approximate surface area is 83.6 Å². The maximum atomic E-state index is 5.95. The van der Waals surface area contributed by atoms with Crippen molar-refractivity contribution < 1.29 is 4.74 Å². The van der Waals surface area contributed by atoms with Gasteiger partial charge >= 0.3 is 0 Å². The molecule has 1 aliphatic heterocycles. The third-order valence-corrected chi connectivity index (χ3v) is 3.31. The lowest BCUT2D eigenvalue weighted by Gasteiger charge is -2.18. The van der Waals surface area contributed by atoms with Crippen LogP contribution in [0.4, 0.5) is 0 Å². The number of ether oxygens (including phenoxy) is 1. The summed E-state index contributed by atoms with van der Waals surface area (Å²) in [7, 11) is 5.95. The minimum absolute atomic E-state index is 0.00787. The zero-order valence-corrected chi connectivity index (χ0v) is 9.12. The molecule has 0 N–H and O–H groups in total. The number of rotatable bonds is 4. The fourth-order valence-electron chi connectivity index (χ4n) is 2.34. The largest absolute Gasteiger partial charge is 0.384 e. The van der Waals surface area contributed by atoms with Crippen molar-refractivity contribution in [2.24, 2.45) is 11.8 Å². The van der Waals surface area contributed by atoms with E-state index in [0.29, 0.717) is 17.9 Å². The maximum absolute atomic E-state index is 5.95. The van der Waals surface area contributed by atoms with Crippen molar-refractivity contribution in [2.45, 2.75) is 58.6 Å². The van der Waals surface area contributed by atoms with Crippen LogP contribution in [0.1, 0.15) is 46.5 Å². The first-order chi connectivity index (χ1) is 6.20. The van der Waals surface area contributed by atoms with Crippen LogP contribution in [0.2, 0.25) is 0 Å². The van der Waals surface area contributed by atoms with E-state index < -0.39 is 0 Å². The van der Waals surface area contributed by atoms with Gasteiger partial charge in [-0.1, -0.05) is 33.6 Å². The minimum Gasteiger partial charge on any atom is -0.384 e. The smallest absolute Gasteiger partial charge is 0.109 e. The van der Waals surface area contributed by atoms with Crippen molar-refractivity contribution in [1.29, 1.82) is 0 Å². The van der Waals surface area contributed by atoms with Gasteiger partial charge in [0.15, 0.2) is 0 Å². The Morgan fingerprint density at radius 3 is 2.46 bits per heavy atom. The molecule has 1 rings (SSSR count). The van der Waals surface area contributed by atoms with Crippen molar-refractivity contribution in [3.63, 3.8) is 0 Å². The predicted octanol–water partition coefficient (Wildman–Crippen LogP) is 2.73. The first kappa shape index (κ1) is 11.1. The Kier molecular flexibility index (Phi) is 4.31. The molecule has 0 aromatic carbocycles. The predicted molar refractivity (Wildman–Crippen MR) is 56.9 cm³/mol. The fraction of sp³-hybridized carbons (Fsp3) is 1.00. The molecule has 0 saturated carbocycles. The van der Waals surface area contributed by atoms with Gasteiger partial charge in [-0.2, -0.15) is 0 Å². The zero-order chi connectivity index (χ0) is 9.84. The number of unbranched alkanes of at least 4 members (excludes halogenated alkanes) is 1. The van der Waals surface area contributed by atoms with Gasteiger partial charge in [0.1, 0.15) is 7.85 Å².